The quantitative estimate of drug-likeness (QED) is 0.908. The van der Waals surface area contributed by atoms with E-state index in [1.54, 1.807) is 31.4 Å². The summed E-state index contributed by atoms with van der Waals surface area (Å²) in [7, 11) is 1.68. The second-order valence-electron chi connectivity index (χ2n) is 4.59. The summed E-state index contributed by atoms with van der Waals surface area (Å²) < 4.78 is 1.54. The number of aromatic nitrogens is 3. The molecule has 21 heavy (non-hydrogen) atoms. The molecule has 112 valence electrons. The predicted molar refractivity (Wildman–Crippen MR) is 81.3 cm³/mol. The lowest BCUT2D eigenvalue weighted by molar-refractivity contribution is 0.0779. The highest BCUT2D eigenvalue weighted by atomic mass is 35.5. The van der Waals surface area contributed by atoms with E-state index in [0.717, 1.165) is 5.56 Å². The Morgan fingerprint density at radius 2 is 2.00 bits per heavy atom. The molecule has 0 spiro atoms. The van der Waals surface area contributed by atoms with Gasteiger partial charge in [0.1, 0.15) is 0 Å². The van der Waals surface area contributed by atoms with Gasteiger partial charge >= 0.3 is 0 Å². The maximum atomic E-state index is 12.2. The van der Waals surface area contributed by atoms with Crippen LogP contribution in [0.3, 0.4) is 0 Å². The van der Waals surface area contributed by atoms with E-state index in [4.69, 9.17) is 28.9 Å². The molecule has 0 aliphatic heterocycles. The molecule has 0 radical (unpaired) electrons. The van der Waals surface area contributed by atoms with Crippen LogP contribution in [0.1, 0.15) is 16.1 Å². The van der Waals surface area contributed by atoms with E-state index in [1.165, 1.54) is 9.58 Å². The Morgan fingerprint density at radius 1 is 1.33 bits per heavy atom. The smallest absolute Gasteiger partial charge is 0.276 e. The second kappa shape index (κ2) is 6.89. The Kier molecular flexibility index (Phi) is 5.17. The molecular weight excluding hydrogens is 313 g/mol. The van der Waals surface area contributed by atoms with E-state index < -0.39 is 0 Å². The molecule has 1 aromatic carbocycles. The van der Waals surface area contributed by atoms with Crippen LogP contribution in [-0.2, 0) is 13.1 Å². The maximum Gasteiger partial charge on any atom is 0.276 e. The highest BCUT2D eigenvalue weighted by Gasteiger charge is 2.16. The molecule has 0 bridgehead atoms. The average Bonchev–Trinajstić information content (AvgIpc) is 2.85. The SMILES string of the molecule is CN(Cc1cc(Cl)cc(Cl)c1)C(=O)c1cn(CCN)nn1. The number of nitrogens with zero attached hydrogens (tertiary/aromatic N) is 4. The number of hydrogen-bond donors (Lipinski definition) is 1. The first-order valence-electron chi connectivity index (χ1n) is 6.30. The van der Waals surface area contributed by atoms with Gasteiger partial charge in [0.25, 0.3) is 5.91 Å². The number of rotatable bonds is 5. The molecule has 1 heterocycles. The minimum Gasteiger partial charge on any atom is -0.336 e. The zero-order valence-electron chi connectivity index (χ0n) is 11.5. The number of hydrogen-bond acceptors (Lipinski definition) is 4. The van der Waals surface area contributed by atoms with Crippen LogP contribution in [0, 0.1) is 0 Å². The summed E-state index contributed by atoms with van der Waals surface area (Å²) in [4.78, 5) is 13.8. The normalized spacial score (nSPS) is 10.7. The van der Waals surface area contributed by atoms with Crippen molar-refractivity contribution < 1.29 is 4.79 Å². The Hall–Kier alpha value is -1.63. The van der Waals surface area contributed by atoms with Crippen molar-refractivity contribution in [3.8, 4) is 0 Å². The molecule has 6 nitrogen and oxygen atoms in total. The zero-order valence-corrected chi connectivity index (χ0v) is 13.0. The summed E-state index contributed by atoms with van der Waals surface area (Å²) in [5.41, 5.74) is 6.55. The molecule has 0 saturated carbocycles. The minimum atomic E-state index is -0.227. The Labute approximate surface area is 132 Å². The largest absolute Gasteiger partial charge is 0.336 e. The van der Waals surface area contributed by atoms with Gasteiger partial charge in [0.05, 0.1) is 12.7 Å². The van der Waals surface area contributed by atoms with Gasteiger partial charge in [-0.15, -0.1) is 5.10 Å². The van der Waals surface area contributed by atoms with Crippen LogP contribution in [0.2, 0.25) is 10.0 Å². The molecule has 2 aromatic rings. The van der Waals surface area contributed by atoms with Crippen molar-refractivity contribution in [2.45, 2.75) is 13.1 Å². The number of amides is 1. The third kappa shape index (κ3) is 4.17. The fourth-order valence-corrected chi connectivity index (χ4v) is 2.45. The number of halogens is 2. The van der Waals surface area contributed by atoms with Crippen LogP contribution in [0.5, 0.6) is 0 Å². The summed E-state index contributed by atoms with van der Waals surface area (Å²) in [6, 6.07) is 5.18. The molecule has 1 amide bonds. The summed E-state index contributed by atoms with van der Waals surface area (Å²) in [6.45, 7) is 1.34. The lowest BCUT2D eigenvalue weighted by atomic mass is 10.2. The second-order valence-corrected chi connectivity index (χ2v) is 5.47. The van der Waals surface area contributed by atoms with E-state index in [0.29, 0.717) is 29.7 Å². The van der Waals surface area contributed by atoms with E-state index in [1.807, 2.05) is 0 Å². The van der Waals surface area contributed by atoms with E-state index in [9.17, 15) is 4.79 Å². The Balaban J connectivity index is 2.07. The molecule has 0 unspecified atom stereocenters. The number of nitrogens with two attached hydrogens (primary N) is 1. The first-order chi connectivity index (χ1) is 9.99. The molecule has 2 rings (SSSR count). The van der Waals surface area contributed by atoms with Crippen molar-refractivity contribution in [1.82, 2.24) is 19.9 Å². The van der Waals surface area contributed by atoms with Gasteiger partial charge in [-0.25, -0.2) is 0 Å². The fourth-order valence-electron chi connectivity index (χ4n) is 1.88. The highest BCUT2D eigenvalue weighted by molar-refractivity contribution is 6.34. The van der Waals surface area contributed by atoms with Crippen LogP contribution < -0.4 is 5.73 Å². The van der Waals surface area contributed by atoms with Gasteiger partial charge in [0, 0.05) is 30.2 Å². The van der Waals surface area contributed by atoms with Crippen LogP contribution in [0.25, 0.3) is 0 Å². The lowest BCUT2D eigenvalue weighted by Crippen LogP contribution is -2.26. The standard InChI is InChI=1S/C13H15Cl2N5O/c1-19(7-9-4-10(14)6-11(15)5-9)13(21)12-8-20(3-2-16)18-17-12/h4-6,8H,2-3,7,16H2,1H3. The summed E-state index contributed by atoms with van der Waals surface area (Å²) in [5.74, 6) is -0.227. The number of carbonyl (C=O) groups excluding carboxylic acids is 1. The van der Waals surface area contributed by atoms with Crippen molar-refractivity contribution in [2.75, 3.05) is 13.6 Å². The Bertz CT molecular complexity index is 623. The van der Waals surface area contributed by atoms with Crippen molar-refractivity contribution >= 4 is 29.1 Å². The van der Waals surface area contributed by atoms with E-state index >= 15 is 0 Å². The average molecular weight is 328 g/mol. The lowest BCUT2D eigenvalue weighted by Gasteiger charge is -2.16. The molecule has 0 fully saturated rings. The van der Waals surface area contributed by atoms with Gasteiger partial charge < -0.3 is 10.6 Å². The minimum absolute atomic E-state index is 0.227. The maximum absolute atomic E-state index is 12.2. The van der Waals surface area contributed by atoms with Crippen LogP contribution >= 0.6 is 23.2 Å². The molecule has 0 atom stereocenters. The van der Waals surface area contributed by atoms with Gasteiger partial charge in [-0.3, -0.25) is 9.48 Å². The molecule has 0 saturated heterocycles. The molecule has 8 heteroatoms. The van der Waals surface area contributed by atoms with Crippen LogP contribution in [-0.4, -0.2) is 39.4 Å². The first kappa shape index (κ1) is 15.8. The summed E-state index contributed by atoms with van der Waals surface area (Å²) >= 11 is 11.9. The first-order valence-corrected chi connectivity index (χ1v) is 7.06. The zero-order chi connectivity index (χ0) is 15.4. The van der Waals surface area contributed by atoms with E-state index in [2.05, 4.69) is 10.3 Å². The van der Waals surface area contributed by atoms with Gasteiger partial charge in [-0.05, 0) is 23.8 Å². The third-order valence-corrected chi connectivity index (χ3v) is 3.24. The molecule has 0 aliphatic carbocycles. The van der Waals surface area contributed by atoms with Crippen LogP contribution in [0.4, 0.5) is 0 Å². The molecule has 2 N–H and O–H groups in total. The van der Waals surface area contributed by atoms with Gasteiger partial charge in [-0.2, -0.15) is 0 Å². The molecule has 0 aliphatic rings. The molecule has 1 aromatic heterocycles. The molecular formula is C13H15Cl2N5O. The van der Waals surface area contributed by atoms with Crippen LogP contribution in [0.15, 0.2) is 24.4 Å². The topological polar surface area (TPSA) is 77.0 Å². The van der Waals surface area contributed by atoms with Gasteiger partial charge in [-0.1, -0.05) is 28.4 Å². The predicted octanol–water partition coefficient (Wildman–Crippen LogP) is 1.82. The number of carbonyl (C=O) groups is 1. The van der Waals surface area contributed by atoms with Crippen molar-refractivity contribution in [3.63, 3.8) is 0 Å². The Morgan fingerprint density at radius 3 is 2.62 bits per heavy atom. The number of benzene rings is 1. The summed E-state index contributed by atoms with van der Waals surface area (Å²) in [5, 5.41) is 8.76. The van der Waals surface area contributed by atoms with Gasteiger partial charge in [0.2, 0.25) is 0 Å². The van der Waals surface area contributed by atoms with E-state index in [-0.39, 0.29) is 11.6 Å². The summed E-state index contributed by atoms with van der Waals surface area (Å²) in [6.07, 6.45) is 1.58. The fraction of sp³-hybridized carbons (Fsp3) is 0.308. The van der Waals surface area contributed by atoms with Crippen molar-refractivity contribution in [2.24, 2.45) is 5.73 Å². The van der Waals surface area contributed by atoms with Gasteiger partial charge in [0.15, 0.2) is 5.69 Å². The monoisotopic (exact) mass is 327 g/mol. The van der Waals surface area contributed by atoms with Crippen molar-refractivity contribution in [1.29, 1.82) is 0 Å². The van der Waals surface area contributed by atoms with Crippen molar-refractivity contribution in [3.05, 3.63) is 45.7 Å². The third-order valence-electron chi connectivity index (χ3n) is 2.80. The highest BCUT2D eigenvalue weighted by Crippen LogP contribution is 2.20.